The van der Waals surface area contributed by atoms with Gasteiger partial charge in [-0.3, -0.25) is 9.80 Å². The van der Waals surface area contributed by atoms with Gasteiger partial charge in [-0.25, -0.2) is 4.79 Å². The Labute approximate surface area is 206 Å². The number of ether oxygens (including phenoxy) is 1. The summed E-state index contributed by atoms with van der Waals surface area (Å²) in [4.78, 5) is 19.1. The predicted molar refractivity (Wildman–Crippen MR) is 127 cm³/mol. The first-order chi connectivity index (χ1) is 16.2. The molecule has 1 aromatic carbocycles. The van der Waals surface area contributed by atoms with Crippen molar-refractivity contribution in [3.63, 3.8) is 0 Å². The van der Waals surface area contributed by atoms with Crippen LogP contribution in [-0.4, -0.2) is 75.8 Å². The van der Waals surface area contributed by atoms with Crippen LogP contribution in [0.5, 0.6) is 0 Å². The molecule has 9 heteroatoms. The molecule has 196 valence electrons. The second kappa shape index (κ2) is 9.23. The van der Waals surface area contributed by atoms with Crippen molar-refractivity contribution in [1.29, 1.82) is 0 Å². The molecule has 2 fully saturated rings. The second-order valence-electron chi connectivity index (χ2n) is 11.6. The van der Waals surface area contributed by atoms with Gasteiger partial charge in [0.05, 0.1) is 11.7 Å². The first-order valence-electron chi connectivity index (χ1n) is 12.6. The van der Waals surface area contributed by atoms with Crippen molar-refractivity contribution in [1.82, 2.24) is 14.7 Å². The van der Waals surface area contributed by atoms with Gasteiger partial charge in [0.15, 0.2) is 0 Å². The summed E-state index contributed by atoms with van der Waals surface area (Å²) in [5, 5.41) is 10.5. The maximum absolute atomic E-state index is 13.2. The van der Waals surface area contributed by atoms with Gasteiger partial charge in [-0.15, -0.1) is 0 Å². The molecule has 2 saturated heterocycles. The maximum atomic E-state index is 13.2. The Kier molecular flexibility index (Phi) is 6.92. The fraction of sp³-hybridized carbons (Fsp3) is 0.731. The molecule has 0 saturated carbocycles. The van der Waals surface area contributed by atoms with Gasteiger partial charge in [-0.05, 0) is 77.1 Å². The number of hydrogen-bond acceptors (Lipinski definition) is 5. The number of carbonyl (C=O) groups is 1. The van der Waals surface area contributed by atoms with Gasteiger partial charge in [-0.2, -0.15) is 13.2 Å². The van der Waals surface area contributed by atoms with Crippen molar-refractivity contribution in [3.05, 3.63) is 34.9 Å². The van der Waals surface area contributed by atoms with Crippen LogP contribution in [0, 0.1) is 0 Å². The Morgan fingerprint density at radius 1 is 1.09 bits per heavy atom. The lowest BCUT2D eigenvalue weighted by Crippen LogP contribution is -2.62. The van der Waals surface area contributed by atoms with Gasteiger partial charge in [0, 0.05) is 50.3 Å². The van der Waals surface area contributed by atoms with E-state index in [-0.39, 0.29) is 23.7 Å². The summed E-state index contributed by atoms with van der Waals surface area (Å²) < 4.78 is 45.0. The quantitative estimate of drug-likeness (QED) is 0.625. The molecule has 2 heterocycles. The third kappa shape index (κ3) is 5.47. The van der Waals surface area contributed by atoms with E-state index >= 15 is 0 Å². The third-order valence-corrected chi connectivity index (χ3v) is 7.91. The number of halogens is 3. The number of carbonyl (C=O) groups excluding carboxylic acids is 1. The number of rotatable bonds is 2. The number of nitrogens with zero attached hydrogens (tertiary/aromatic N) is 3. The van der Waals surface area contributed by atoms with Crippen molar-refractivity contribution >= 4 is 6.09 Å². The van der Waals surface area contributed by atoms with E-state index in [1.807, 2.05) is 20.8 Å². The van der Waals surface area contributed by atoms with Crippen LogP contribution >= 0.6 is 0 Å². The zero-order valence-corrected chi connectivity index (χ0v) is 21.4. The molecule has 0 spiro atoms. The van der Waals surface area contributed by atoms with Crippen LogP contribution < -0.4 is 0 Å². The van der Waals surface area contributed by atoms with E-state index in [1.165, 1.54) is 0 Å². The van der Waals surface area contributed by atoms with E-state index < -0.39 is 23.4 Å². The highest BCUT2D eigenvalue weighted by molar-refractivity contribution is 5.68. The number of piperazine rings is 1. The molecule has 2 aliphatic heterocycles. The Morgan fingerprint density at radius 2 is 1.74 bits per heavy atom. The fourth-order valence-electron chi connectivity index (χ4n) is 5.86. The van der Waals surface area contributed by atoms with Crippen LogP contribution in [0.25, 0.3) is 0 Å². The zero-order valence-electron chi connectivity index (χ0n) is 21.4. The molecular weight excluding hydrogens is 459 g/mol. The van der Waals surface area contributed by atoms with Crippen LogP contribution in [0.2, 0.25) is 0 Å². The molecule has 1 amide bonds. The van der Waals surface area contributed by atoms with E-state index in [2.05, 4.69) is 23.6 Å². The van der Waals surface area contributed by atoms with Gasteiger partial charge in [-0.1, -0.05) is 6.07 Å². The molecule has 1 aromatic rings. The van der Waals surface area contributed by atoms with Crippen LogP contribution in [0.4, 0.5) is 18.0 Å². The van der Waals surface area contributed by atoms with Gasteiger partial charge in [0.25, 0.3) is 0 Å². The maximum Gasteiger partial charge on any atom is 0.416 e. The Hall–Kier alpha value is -1.84. The second-order valence-corrected chi connectivity index (χ2v) is 11.6. The average molecular weight is 498 g/mol. The summed E-state index contributed by atoms with van der Waals surface area (Å²) >= 11 is 0. The largest absolute Gasteiger partial charge is 0.444 e. The highest BCUT2D eigenvalue weighted by atomic mass is 19.4. The molecule has 0 bridgehead atoms. The van der Waals surface area contributed by atoms with Gasteiger partial charge in [0.1, 0.15) is 5.60 Å². The van der Waals surface area contributed by atoms with Crippen LogP contribution in [0.15, 0.2) is 18.2 Å². The normalized spacial score (nSPS) is 28.1. The molecule has 0 aromatic heterocycles. The van der Waals surface area contributed by atoms with E-state index in [4.69, 9.17) is 4.74 Å². The number of likely N-dealkylation sites (tertiary alicyclic amines) is 1. The lowest BCUT2D eigenvalue weighted by atomic mass is 9.86. The van der Waals surface area contributed by atoms with Gasteiger partial charge >= 0.3 is 12.3 Å². The molecule has 1 aliphatic carbocycles. The number of benzene rings is 1. The van der Waals surface area contributed by atoms with Crippen molar-refractivity contribution in [2.24, 2.45) is 0 Å². The van der Waals surface area contributed by atoms with Gasteiger partial charge < -0.3 is 14.7 Å². The fourth-order valence-corrected chi connectivity index (χ4v) is 5.86. The summed E-state index contributed by atoms with van der Waals surface area (Å²) in [6.45, 7) is 13.8. The molecule has 1 N–H and O–H groups in total. The summed E-state index contributed by atoms with van der Waals surface area (Å²) in [5.74, 6) is 0. The minimum absolute atomic E-state index is 0.0203. The van der Waals surface area contributed by atoms with E-state index in [0.717, 1.165) is 50.2 Å². The number of aliphatic hydroxyl groups excluding tert-OH is 1. The lowest BCUT2D eigenvalue weighted by Gasteiger charge is -2.52. The van der Waals surface area contributed by atoms with Crippen LogP contribution in [0.1, 0.15) is 82.7 Å². The number of aliphatic hydroxyl groups is 1. The molecule has 3 atom stereocenters. The monoisotopic (exact) mass is 497 g/mol. The smallest absolute Gasteiger partial charge is 0.416 e. The van der Waals surface area contributed by atoms with Crippen LogP contribution in [-0.2, 0) is 10.9 Å². The minimum Gasteiger partial charge on any atom is -0.444 e. The van der Waals surface area contributed by atoms with E-state index in [0.29, 0.717) is 25.1 Å². The molecule has 3 aliphatic rings. The minimum atomic E-state index is -4.42. The third-order valence-electron chi connectivity index (χ3n) is 7.91. The van der Waals surface area contributed by atoms with Crippen molar-refractivity contribution in [2.45, 2.75) is 89.4 Å². The highest BCUT2D eigenvalue weighted by Crippen LogP contribution is 2.46. The number of amides is 1. The molecule has 6 nitrogen and oxygen atoms in total. The molecule has 0 radical (unpaired) electrons. The summed E-state index contributed by atoms with van der Waals surface area (Å²) in [5.41, 5.74) is -0.0270. The lowest BCUT2D eigenvalue weighted by molar-refractivity contribution is -0.137. The Morgan fingerprint density at radius 3 is 2.31 bits per heavy atom. The highest BCUT2D eigenvalue weighted by Gasteiger charge is 2.44. The summed E-state index contributed by atoms with van der Waals surface area (Å²) in [6, 6.07) is 3.90. The molecule has 1 unspecified atom stereocenters. The molecule has 35 heavy (non-hydrogen) atoms. The molecular formula is C26H38F3N3O3. The topological polar surface area (TPSA) is 56.2 Å². The van der Waals surface area contributed by atoms with E-state index in [1.54, 1.807) is 11.0 Å². The first-order valence-corrected chi connectivity index (χ1v) is 12.6. The van der Waals surface area contributed by atoms with E-state index in [9.17, 15) is 23.1 Å². The number of hydrogen-bond donors (Lipinski definition) is 1. The Balaban J connectivity index is 1.39. The SMILES string of the molecule is C[C@H]1CN(C2(C)CCN(C(=O)OC(C)(C)C)CC2)CCN1C1C[C@H](O)c2cc(C(F)(F)F)ccc21. The van der Waals surface area contributed by atoms with Crippen molar-refractivity contribution in [3.8, 4) is 0 Å². The van der Waals surface area contributed by atoms with Gasteiger partial charge in [0.2, 0.25) is 0 Å². The molecule has 4 rings (SSSR count). The number of alkyl halides is 3. The average Bonchev–Trinajstić information content (AvgIpc) is 3.08. The Bertz CT molecular complexity index is 938. The summed E-state index contributed by atoms with van der Waals surface area (Å²) in [6.07, 6.45) is -3.40. The predicted octanol–water partition coefficient (Wildman–Crippen LogP) is 4.98. The van der Waals surface area contributed by atoms with Crippen molar-refractivity contribution in [2.75, 3.05) is 32.7 Å². The zero-order chi connectivity index (χ0) is 25.8. The summed E-state index contributed by atoms with van der Waals surface area (Å²) in [7, 11) is 0. The first kappa shape index (κ1) is 26.2. The number of fused-ring (bicyclic) bond motifs is 1. The number of piperidine rings is 1. The van der Waals surface area contributed by atoms with Crippen LogP contribution in [0.3, 0.4) is 0 Å². The standard InChI is InChI=1S/C26H38F3N3O3/c1-17-16-31(25(5)8-10-30(11-9-25)23(34)35-24(2,3)4)12-13-32(17)21-15-22(33)20-14-18(26(27,28)29)6-7-19(20)21/h6-7,14,17,21-22,33H,8-13,15-16H2,1-5H3/t17-,21?,22-/m0/s1. The van der Waals surface area contributed by atoms with Crippen molar-refractivity contribution < 1.29 is 27.8 Å².